The molecule has 40 heavy (non-hydrogen) atoms. The third-order valence-electron chi connectivity index (χ3n) is 8.95. The Kier molecular flexibility index (Phi) is 8.52. The molecule has 0 bridgehead atoms. The zero-order chi connectivity index (χ0) is 28.4. The fourth-order valence-electron chi connectivity index (χ4n) is 6.68. The number of carbonyl (C=O) groups is 1. The van der Waals surface area contributed by atoms with E-state index in [1.807, 2.05) is 35.2 Å². The van der Waals surface area contributed by atoms with Gasteiger partial charge in [0.25, 0.3) is 0 Å². The average molecular weight is 586 g/mol. The van der Waals surface area contributed by atoms with Crippen molar-refractivity contribution in [3.8, 4) is 0 Å². The van der Waals surface area contributed by atoms with E-state index >= 15 is 0 Å². The van der Waals surface area contributed by atoms with Crippen molar-refractivity contribution in [2.24, 2.45) is 5.41 Å². The van der Waals surface area contributed by atoms with Gasteiger partial charge >= 0.3 is 0 Å². The lowest BCUT2D eigenvalue weighted by Gasteiger charge is -2.27. The Morgan fingerprint density at radius 1 is 0.975 bits per heavy atom. The van der Waals surface area contributed by atoms with Crippen LogP contribution in [0.5, 0.6) is 0 Å². The monoisotopic (exact) mass is 585 g/mol. The smallest absolute Gasteiger partial charge is 0.243 e. The molecule has 2 aromatic carbocycles. The van der Waals surface area contributed by atoms with Gasteiger partial charge in [0.05, 0.1) is 10.8 Å². The van der Waals surface area contributed by atoms with E-state index in [0.29, 0.717) is 25.8 Å². The van der Waals surface area contributed by atoms with E-state index in [-0.39, 0.29) is 22.8 Å². The Morgan fingerprint density at radius 2 is 1.68 bits per heavy atom. The standard InChI is InChI=1S/C30H39N3O5S2/c1-2-39(35,36)31-22-26-11-8-19-33(26)40(37,38)27-14-12-25(13-15-27)28(21-24-9-4-3-5-10-24)29(34)32-20-18-30(23-32)16-6-7-17-30/h2-5,9-10,12-15,26,28,31H,1,6-8,11,16-23H2/t26-,28?/m1/s1. The van der Waals surface area contributed by atoms with Gasteiger partial charge < -0.3 is 4.90 Å². The van der Waals surface area contributed by atoms with Crippen LogP contribution in [0, 0.1) is 5.41 Å². The summed E-state index contributed by atoms with van der Waals surface area (Å²) >= 11 is 0. The molecular weight excluding hydrogens is 546 g/mol. The van der Waals surface area contributed by atoms with Gasteiger partial charge in [-0.25, -0.2) is 21.6 Å². The summed E-state index contributed by atoms with van der Waals surface area (Å²) in [4.78, 5) is 16.1. The topological polar surface area (TPSA) is 104 Å². The van der Waals surface area contributed by atoms with Gasteiger partial charge in [-0.3, -0.25) is 4.79 Å². The molecule has 10 heteroatoms. The lowest BCUT2D eigenvalue weighted by Crippen LogP contribution is -2.42. The normalized spacial score (nSPS) is 22.1. The molecule has 1 amide bonds. The average Bonchev–Trinajstić information content (AvgIpc) is 3.73. The minimum absolute atomic E-state index is 0.00333. The van der Waals surface area contributed by atoms with Crippen molar-refractivity contribution in [1.29, 1.82) is 0 Å². The zero-order valence-corrected chi connectivity index (χ0v) is 24.5. The van der Waals surface area contributed by atoms with Crippen LogP contribution in [0.3, 0.4) is 0 Å². The van der Waals surface area contributed by atoms with Gasteiger partial charge in [-0.1, -0.05) is 61.9 Å². The van der Waals surface area contributed by atoms with Crippen LogP contribution < -0.4 is 4.72 Å². The number of nitrogens with one attached hydrogen (secondary N) is 1. The predicted molar refractivity (Wildman–Crippen MR) is 155 cm³/mol. The number of benzene rings is 2. The fraction of sp³-hybridized carbons (Fsp3) is 0.500. The van der Waals surface area contributed by atoms with Crippen molar-refractivity contribution in [1.82, 2.24) is 13.9 Å². The number of hydrogen-bond donors (Lipinski definition) is 1. The first kappa shape index (κ1) is 29.0. The molecule has 1 saturated carbocycles. The third kappa shape index (κ3) is 6.20. The first-order valence-corrected chi connectivity index (χ1v) is 17.2. The van der Waals surface area contributed by atoms with Gasteiger partial charge in [0.15, 0.2) is 0 Å². The van der Waals surface area contributed by atoms with Gasteiger partial charge in [0.1, 0.15) is 0 Å². The number of sulfonamides is 2. The van der Waals surface area contributed by atoms with Gasteiger partial charge in [-0.05, 0) is 67.2 Å². The summed E-state index contributed by atoms with van der Waals surface area (Å²) in [6.07, 6.45) is 7.71. The molecule has 2 saturated heterocycles. The highest BCUT2D eigenvalue weighted by Gasteiger charge is 2.43. The number of amides is 1. The molecule has 1 unspecified atom stereocenters. The van der Waals surface area contributed by atoms with Gasteiger partial charge in [0.2, 0.25) is 26.0 Å². The summed E-state index contributed by atoms with van der Waals surface area (Å²) < 4.78 is 54.5. The van der Waals surface area contributed by atoms with Gasteiger partial charge in [0, 0.05) is 37.6 Å². The van der Waals surface area contributed by atoms with Crippen LogP contribution in [0.1, 0.15) is 62.0 Å². The summed E-state index contributed by atoms with van der Waals surface area (Å²) in [5.41, 5.74) is 2.14. The van der Waals surface area contributed by atoms with Crippen molar-refractivity contribution in [3.05, 3.63) is 77.7 Å². The van der Waals surface area contributed by atoms with Crippen LogP contribution in [0.15, 0.2) is 71.5 Å². The molecule has 2 aromatic rings. The van der Waals surface area contributed by atoms with Crippen molar-refractivity contribution < 1.29 is 21.6 Å². The van der Waals surface area contributed by atoms with E-state index in [1.54, 1.807) is 24.3 Å². The lowest BCUT2D eigenvalue weighted by molar-refractivity contribution is -0.132. The lowest BCUT2D eigenvalue weighted by atomic mass is 9.85. The summed E-state index contributed by atoms with van der Waals surface area (Å²) in [6, 6.07) is 16.2. The van der Waals surface area contributed by atoms with Crippen LogP contribution in [-0.2, 0) is 31.3 Å². The maximum atomic E-state index is 13.9. The first-order chi connectivity index (χ1) is 19.1. The molecule has 5 rings (SSSR count). The Bertz CT molecular complexity index is 1420. The molecule has 3 fully saturated rings. The second-order valence-corrected chi connectivity index (χ2v) is 15.1. The first-order valence-electron chi connectivity index (χ1n) is 14.2. The molecule has 1 N–H and O–H groups in total. The minimum atomic E-state index is -3.84. The Balaban J connectivity index is 1.36. The van der Waals surface area contributed by atoms with Crippen molar-refractivity contribution >= 4 is 26.0 Å². The Hall–Kier alpha value is -2.53. The number of rotatable bonds is 10. The van der Waals surface area contributed by atoms with E-state index < -0.39 is 32.0 Å². The number of nitrogens with zero attached hydrogens (tertiary/aromatic N) is 2. The number of carbonyl (C=O) groups excluding carboxylic acids is 1. The molecule has 3 aliphatic rings. The molecule has 2 heterocycles. The highest BCUT2D eigenvalue weighted by atomic mass is 32.2. The van der Waals surface area contributed by atoms with Crippen LogP contribution in [0.25, 0.3) is 0 Å². The van der Waals surface area contributed by atoms with Crippen LogP contribution in [-0.4, -0.2) is 64.2 Å². The van der Waals surface area contributed by atoms with E-state index in [4.69, 9.17) is 0 Å². The summed E-state index contributed by atoms with van der Waals surface area (Å²) in [5, 5.41) is 0.822. The Morgan fingerprint density at radius 3 is 2.35 bits per heavy atom. The quantitative estimate of drug-likeness (QED) is 0.454. The van der Waals surface area contributed by atoms with Gasteiger partial charge in [-0.2, -0.15) is 4.31 Å². The van der Waals surface area contributed by atoms with Crippen molar-refractivity contribution in [3.63, 3.8) is 0 Å². The van der Waals surface area contributed by atoms with Crippen molar-refractivity contribution in [2.45, 2.75) is 68.2 Å². The van der Waals surface area contributed by atoms with Gasteiger partial charge in [-0.15, -0.1) is 0 Å². The van der Waals surface area contributed by atoms with E-state index in [0.717, 1.165) is 36.0 Å². The Labute approximate surface area is 238 Å². The highest BCUT2D eigenvalue weighted by molar-refractivity contribution is 7.92. The molecule has 8 nitrogen and oxygen atoms in total. The minimum Gasteiger partial charge on any atom is -0.342 e. The maximum Gasteiger partial charge on any atom is 0.243 e. The SMILES string of the molecule is C=CS(=O)(=O)NC[C@H]1CCCN1S(=O)(=O)c1ccc(C(Cc2ccccc2)C(=O)N2CCC3(CCCC3)C2)cc1. The highest BCUT2D eigenvalue weighted by Crippen LogP contribution is 2.46. The van der Waals surface area contributed by atoms with E-state index in [9.17, 15) is 21.6 Å². The molecule has 0 aromatic heterocycles. The third-order valence-corrected chi connectivity index (χ3v) is 11.9. The largest absolute Gasteiger partial charge is 0.342 e. The van der Waals surface area contributed by atoms with E-state index in [1.165, 1.54) is 30.0 Å². The molecule has 0 radical (unpaired) electrons. The second kappa shape index (κ2) is 11.8. The molecular formula is C30H39N3O5S2. The molecule has 2 atom stereocenters. The van der Waals surface area contributed by atoms with Crippen LogP contribution in [0.2, 0.25) is 0 Å². The molecule has 1 aliphatic carbocycles. The van der Waals surface area contributed by atoms with Crippen molar-refractivity contribution in [2.75, 3.05) is 26.2 Å². The zero-order valence-electron chi connectivity index (χ0n) is 22.9. The fourth-order valence-corrected chi connectivity index (χ4v) is 8.92. The summed E-state index contributed by atoms with van der Waals surface area (Å²) in [7, 11) is -7.49. The number of hydrogen-bond acceptors (Lipinski definition) is 5. The predicted octanol–water partition coefficient (Wildman–Crippen LogP) is 4.02. The summed E-state index contributed by atoms with van der Waals surface area (Å²) in [6.45, 7) is 5.21. The molecule has 1 spiro atoms. The van der Waals surface area contributed by atoms with E-state index in [2.05, 4.69) is 11.3 Å². The summed E-state index contributed by atoms with van der Waals surface area (Å²) in [5.74, 6) is -0.291. The van der Waals surface area contributed by atoms with Crippen LogP contribution in [0.4, 0.5) is 0 Å². The molecule has 216 valence electrons. The number of likely N-dealkylation sites (tertiary alicyclic amines) is 1. The molecule has 2 aliphatic heterocycles. The van der Waals surface area contributed by atoms with Crippen LogP contribution >= 0.6 is 0 Å². The second-order valence-electron chi connectivity index (χ2n) is 11.5. The maximum absolute atomic E-state index is 13.9.